The molecule has 0 saturated heterocycles. The molecule has 0 unspecified atom stereocenters. The van der Waals surface area contributed by atoms with Gasteiger partial charge in [0.25, 0.3) is 11.8 Å². The van der Waals surface area contributed by atoms with E-state index in [-0.39, 0.29) is 18.4 Å². The molecule has 1 aliphatic rings. The molecule has 0 saturated carbocycles. The summed E-state index contributed by atoms with van der Waals surface area (Å²) in [6, 6.07) is 22.0. The number of carbonyl (C=O) groups is 2. The molecular formula is C27H26N2O5. The summed E-state index contributed by atoms with van der Waals surface area (Å²) in [5.74, 6) is 0.848. The second kappa shape index (κ2) is 9.70. The van der Waals surface area contributed by atoms with Crippen molar-refractivity contribution in [2.24, 2.45) is 0 Å². The van der Waals surface area contributed by atoms with Gasteiger partial charge in [-0.2, -0.15) is 0 Å². The highest BCUT2D eigenvalue weighted by Crippen LogP contribution is 2.38. The van der Waals surface area contributed by atoms with Crippen LogP contribution in [0.2, 0.25) is 0 Å². The molecule has 0 radical (unpaired) electrons. The molecule has 174 valence electrons. The molecule has 34 heavy (non-hydrogen) atoms. The van der Waals surface area contributed by atoms with Crippen LogP contribution in [0, 0.1) is 0 Å². The zero-order valence-corrected chi connectivity index (χ0v) is 19.6. The van der Waals surface area contributed by atoms with E-state index in [0.29, 0.717) is 34.1 Å². The molecule has 0 aliphatic carbocycles. The van der Waals surface area contributed by atoms with E-state index in [0.717, 1.165) is 11.3 Å². The molecule has 3 aromatic rings. The van der Waals surface area contributed by atoms with Gasteiger partial charge in [-0.05, 0) is 35.9 Å². The number of carbonyl (C=O) groups excluding carboxylic acids is 2. The first-order valence-corrected chi connectivity index (χ1v) is 10.7. The summed E-state index contributed by atoms with van der Waals surface area (Å²) in [4.78, 5) is 30.4. The van der Waals surface area contributed by atoms with Crippen molar-refractivity contribution in [3.05, 3.63) is 89.6 Å². The van der Waals surface area contributed by atoms with Gasteiger partial charge in [0.15, 0.2) is 11.5 Å². The molecule has 0 aromatic heterocycles. The monoisotopic (exact) mass is 458 g/mol. The van der Waals surface area contributed by atoms with Gasteiger partial charge in [-0.15, -0.1) is 0 Å². The maximum atomic E-state index is 13.7. The lowest BCUT2D eigenvalue weighted by atomic mass is 10.0. The molecule has 0 N–H and O–H groups in total. The van der Waals surface area contributed by atoms with Gasteiger partial charge in [0, 0.05) is 18.3 Å². The number of para-hydroxylation sites is 2. The molecule has 1 aliphatic heterocycles. The van der Waals surface area contributed by atoms with Gasteiger partial charge in [0.2, 0.25) is 0 Å². The fraction of sp³-hybridized carbons (Fsp3) is 0.185. The summed E-state index contributed by atoms with van der Waals surface area (Å²) >= 11 is 0. The number of amides is 2. The Morgan fingerprint density at radius 3 is 2.06 bits per heavy atom. The third kappa shape index (κ3) is 4.08. The number of hydrogen-bond donors (Lipinski definition) is 0. The van der Waals surface area contributed by atoms with E-state index >= 15 is 0 Å². The van der Waals surface area contributed by atoms with Crippen molar-refractivity contribution < 1.29 is 23.8 Å². The van der Waals surface area contributed by atoms with Crippen LogP contribution < -0.4 is 19.1 Å². The molecular weight excluding hydrogens is 432 g/mol. The maximum absolute atomic E-state index is 13.7. The van der Waals surface area contributed by atoms with Gasteiger partial charge in [-0.3, -0.25) is 14.5 Å². The normalized spacial score (nSPS) is 13.4. The van der Waals surface area contributed by atoms with Crippen LogP contribution in [-0.2, 0) is 16.1 Å². The smallest absolute Gasteiger partial charge is 0.278 e. The summed E-state index contributed by atoms with van der Waals surface area (Å²) in [6.45, 7) is 0.0861. The third-order valence-corrected chi connectivity index (χ3v) is 5.79. The first kappa shape index (κ1) is 22.9. The van der Waals surface area contributed by atoms with E-state index in [1.54, 1.807) is 57.5 Å². The van der Waals surface area contributed by atoms with Crippen LogP contribution in [-0.4, -0.2) is 45.1 Å². The average molecular weight is 459 g/mol. The van der Waals surface area contributed by atoms with Crippen molar-refractivity contribution in [1.82, 2.24) is 4.90 Å². The molecule has 0 atom stereocenters. The van der Waals surface area contributed by atoms with E-state index in [1.165, 1.54) is 4.90 Å². The number of likely N-dealkylation sites (N-methyl/N-ethyl adjacent to an activating group) is 1. The summed E-state index contributed by atoms with van der Waals surface area (Å²) in [5, 5.41) is 0. The molecule has 1 heterocycles. The standard InChI is InChI=1S/C27H26N2O5/c1-28(19-10-6-5-7-11-19)25-24(20-12-8-9-13-21(20)32-2)26(30)29(27(25)31)17-18-14-15-22(33-3)23(16-18)34-4/h5-16H,17H2,1-4H3. The Labute approximate surface area is 198 Å². The largest absolute Gasteiger partial charge is 0.496 e. The average Bonchev–Trinajstić information content (AvgIpc) is 3.13. The van der Waals surface area contributed by atoms with Crippen molar-refractivity contribution >= 4 is 23.1 Å². The molecule has 0 fully saturated rings. The van der Waals surface area contributed by atoms with E-state index in [4.69, 9.17) is 14.2 Å². The lowest BCUT2D eigenvalue weighted by molar-refractivity contribution is -0.137. The SMILES string of the molecule is COc1ccc(CN2C(=O)C(c3ccccc3OC)=C(N(C)c3ccccc3)C2=O)cc1OC. The summed E-state index contributed by atoms with van der Waals surface area (Å²) in [7, 11) is 6.43. The van der Waals surface area contributed by atoms with Gasteiger partial charge in [0.05, 0.1) is 33.4 Å². The van der Waals surface area contributed by atoms with Crippen LogP contribution in [0.25, 0.3) is 5.57 Å². The number of anilines is 1. The Balaban J connectivity index is 1.79. The van der Waals surface area contributed by atoms with Gasteiger partial charge >= 0.3 is 0 Å². The van der Waals surface area contributed by atoms with E-state index in [2.05, 4.69) is 0 Å². The quantitative estimate of drug-likeness (QED) is 0.473. The third-order valence-electron chi connectivity index (χ3n) is 5.79. The predicted octanol–water partition coefficient (Wildman–Crippen LogP) is 4.13. The van der Waals surface area contributed by atoms with Crippen molar-refractivity contribution in [1.29, 1.82) is 0 Å². The van der Waals surface area contributed by atoms with E-state index in [9.17, 15) is 9.59 Å². The van der Waals surface area contributed by atoms with Crippen LogP contribution in [0.3, 0.4) is 0 Å². The Kier molecular flexibility index (Phi) is 6.54. The number of methoxy groups -OCH3 is 3. The van der Waals surface area contributed by atoms with Crippen LogP contribution in [0.15, 0.2) is 78.5 Å². The number of imide groups is 1. The van der Waals surface area contributed by atoms with Gasteiger partial charge in [-0.25, -0.2) is 0 Å². The second-order valence-corrected chi connectivity index (χ2v) is 7.70. The number of ether oxygens (including phenoxy) is 3. The topological polar surface area (TPSA) is 68.3 Å². The van der Waals surface area contributed by atoms with E-state index in [1.807, 2.05) is 48.5 Å². The highest BCUT2D eigenvalue weighted by Gasteiger charge is 2.42. The lowest BCUT2D eigenvalue weighted by Gasteiger charge is -2.22. The second-order valence-electron chi connectivity index (χ2n) is 7.70. The Morgan fingerprint density at radius 2 is 1.38 bits per heavy atom. The molecule has 7 nitrogen and oxygen atoms in total. The number of hydrogen-bond acceptors (Lipinski definition) is 6. The minimum Gasteiger partial charge on any atom is -0.496 e. The Morgan fingerprint density at radius 1 is 0.735 bits per heavy atom. The van der Waals surface area contributed by atoms with Gasteiger partial charge < -0.3 is 19.1 Å². The van der Waals surface area contributed by atoms with Crippen LogP contribution in [0.5, 0.6) is 17.2 Å². The number of benzene rings is 3. The zero-order chi connectivity index (χ0) is 24.2. The van der Waals surface area contributed by atoms with Crippen LogP contribution >= 0.6 is 0 Å². The first-order chi connectivity index (χ1) is 16.5. The maximum Gasteiger partial charge on any atom is 0.278 e. The van der Waals surface area contributed by atoms with Crippen LogP contribution in [0.1, 0.15) is 11.1 Å². The minimum absolute atomic E-state index is 0.0861. The Hall–Kier alpha value is -4.26. The number of rotatable bonds is 8. The van der Waals surface area contributed by atoms with Crippen LogP contribution in [0.4, 0.5) is 5.69 Å². The zero-order valence-electron chi connectivity index (χ0n) is 19.6. The summed E-state index contributed by atoms with van der Waals surface area (Å²) < 4.78 is 16.2. The molecule has 3 aromatic carbocycles. The van der Waals surface area contributed by atoms with Gasteiger partial charge in [0.1, 0.15) is 11.4 Å². The molecule has 0 bridgehead atoms. The molecule has 7 heteroatoms. The van der Waals surface area contributed by atoms with Crippen molar-refractivity contribution in [3.63, 3.8) is 0 Å². The minimum atomic E-state index is -0.387. The van der Waals surface area contributed by atoms with E-state index < -0.39 is 0 Å². The van der Waals surface area contributed by atoms with Crippen molar-refractivity contribution in [2.75, 3.05) is 33.3 Å². The number of nitrogens with zero attached hydrogens (tertiary/aromatic N) is 2. The highest BCUT2D eigenvalue weighted by atomic mass is 16.5. The predicted molar refractivity (Wildman–Crippen MR) is 130 cm³/mol. The first-order valence-electron chi connectivity index (χ1n) is 10.7. The van der Waals surface area contributed by atoms with Crippen molar-refractivity contribution in [3.8, 4) is 17.2 Å². The molecule has 0 spiro atoms. The molecule has 4 rings (SSSR count). The summed E-state index contributed by atoms with van der Waals surface area (Å²) in [6.07, 6.45) is 0. The van der Waals surface area contributed by atoms with Crippen molar-refractivity contribution in [2.45, 2.75) is 6.54 Å². The fourth-order valence-corrected chi connectivity index (χ4v) is 4.05. The van der Waals surface area contributed by atoms with Gasteiger partial charge in [-0.1, -0.05) is 42.5 Å². The Bertz CT molecular complexity index is 1250. The fourth-order valence-electron chi connectivity index (χ4n) is 4.05. The molecule has 2 amide bonds. The highest BCUT2D eigenvalue weighted by molar-refractivity contribution is 6.37. The summed E-state index contributed by atoms with van der Waals surface area (Å²) in [5.41, 5.74) is 2.69. The lowest BCUT2D eigenvalue weighted by Crippen LogP contribution is -2.33.